The lowest BCUT2D eigenvalue weighted by Gasteiger charge is -2.26. The molecule has 0 aromatic heterocycles. The lowest BCUT2D eigenvalue weighted by Crippen LogP contribution is -2.28. The second-order valence-corrected chi connectivity index (χ2v) is 4.83. The SMILES string of the molecule is COc1cc(C)c(C2CCCNC2)c(O)c1C. The van der Waals surface area contributed by atoms with Gasteiger partial charge >= 0.3 is 0 Å². The van der Waals surface area contributed by atoms with Crippen molar-refractivity contribution in [2.75, 3.05) is 20.2 Å². The number of phenols is 1. The number of piperidine rings is 1. The Bertz CT molecular complexity index is 409. The highest BCUT2D eigenvalue weighted by atomic mass is 16.5. The van der Waals surface area contributed by atoms with E-state index in [2.05, 4.69) is 5.32 Å². The summed E-state index contributed by atoms with van der Waals surface area (Å²) in [5, 5.41) is 13.7. The summed E-state index contributed by atoms with van der Waals surface area (Å²) in [6.07, 6.45) is 2.32. The van der Waals surface area contributed by atoms with Crippen LogP contribution < -0.4 is 10.1 Å². The largest absolute Gasteiger partial charge is 0.507 e. The fourth-order valence-electron chi connectivity index (χ4n) is 2.71. The Morgan fingerprint density at radius 3 is 2.76 bits per heavy atom. The molecule has 1 aromatic carbocycles. The van der Waals surface area contributed by atoms with Crippen LogP contribution in [0.5, 0.6) is 11.5 Å². The number of hydrogen-bond acceptors (Lipinski definition) is 3. The summed E-state index contributed by atoms with van der Waals surface area (Å²) in [6.45, 7) is 6.00. The van der Waals surface area contributed by atoms with E-state index in [-0.39, 0.29) is 0 Å². The van der Waals surface area contributed by atoms with Crippen molar-refractivity contribution in [1.82, 2.24) is 5.32 Å². The molecule has 17 heavy (non-hydrogen) atoms. The van der Waals surface area contributed by atoms with E-state index < -0.39 is 0 Å². The second-order valence-electron chi connectivity index (χ2n) is 4.83. The molecule has 1 saturated heterocycles. The van der Waals surface area contributed by atoms with Crippen LogP contribution in [0.1, 0.15) is 35.4 Å². The number of nitrogens with one attached hydrogen (secondary N) is 1. The Morgan fingerprint density at radius 1 is 1.41 bits per heavy atom. The monoisotopic (exact) mass is 235 g/mol. The molecule has 3 nitrogen and oxygen atoms in total. The molecule has 0 bridgehead atoms. The van der Waals surface area contributed by atoms with Crippen molar-refractivity contribution in [2.24, 2.45) is 0 Å². The Kier molecular flexibility index (Phi) is 3.57. The number of benzene rings is 1. The molecule has 2 rings (SSSR count). The third kappa shape index (κ3) is 2.25. The molecule has 1 atom stereocenters. The van der Waals surface area contributed by atoms with E-state index in [4.69, 9.17) is 4.74 Å². The van der Waals surface area contributed by atoms with Crippen LogP contribution >= 0.6 is 0 Å². The maximum absolute atomic E-state index is 10.3. The molecule has 94 valence electrons. The molecule has 0 amide bonds. The van der Waals surface area contributed by atoms with Gasteiger partial charge in [0.2, 0.25) is 0 Å². The first-order valence-corrected chi connectivity index (χ1v) is 6.23. The zero-order valence-corrected chi connectivity index (χ0v) is 10.8. The Hall–Kier alpha value is -1.22. The molecular formula is C14H21NO2. The molecule has 1 aliphatic rings. The first kappa shape index (κ1) is 12.2. The van der Waals surface area contributed by atoms with Crippen LogP contribution in [-0.4, -0.2) is 25.3 Å². The van der Waals surface area contributed by atoms with Gasteiger partial charge in [-0.05, 0) is 44.9 Å². The van der Waals surface area contributed by atoms with E-state index in [1.165, 1.54) is 6.42 Å². The minimum atomic E-state index is 0.413. The Morgan fingerprint density at radius 2 is 2.18 bits per heavy atom. The molecule has 0 saturated carbocycles. The van der Waals surface area contributed by atoms with E-state index in [1.54, 1.807) is 7.11 Å². The van der Waals surface area contributed by atoms with Crippen molar-refractivity contribution in [3.05, 3.63) is 22.8 Å². The maximum atomic E-state index is 10.3. The van der Waals surface area contributed by atoms with Gasteiger partial charge in [-0.2, -0.15) is 0 Å². The molecule has 1 aliphatic heterocycles. The van der Waals surface area contributed by atoms with Gasteiger partial charge in [-0.3, -0.25) is 0 Å². The third-order valence-electron chi connectivity index (χ3n) is 3.68. The molecule has 1 fully saturated rings. The average Bonchev–Trinajstić information content (AvgIpc) is 2.35. The topological polar surface area (TPSA) is 41.5 Å². The fraction of sp³-hybridized carbons (Fsp3) is 0.571. The standard InChI is InChI=1S/C14H21NO2/c1-9-7-12(17-3)10(2)14(16)13(9)11-5-4-6-15-8-11/h7,11,15-16H,4-6,8H2,1-3H3. The molecule has 2 N–H and O–H groups in total. The van der Waals surface area contributed by atoms with Gasteiger partial charge in [0, 0.05) is 23.6 Å². The number of phenolic OH excluding ortho intramolecular Hbond substituents is 1. The third-order valence-corrected chi connectivity index (χ3v) is 3.68. The van der Waals surface area contributed by atoms with E-state index in [9.17, 15) is 5.11 Å². The zero-order valence-electron chi connectivity index (χ0n) is 10.8. The van der Waals surface area contributed by atoms with Gasteiger partial charge in [0.25, 0.3) is 0 Å². The summed E-state index contributed by atoms with van der Waals surface area (Å²) in [5.41, 5.74) is 3.06. The first-order chi connectivity index (χ1) is 8.15. The van der Waals surface area contributed by atoms with E-state index in [1.807, 2.05) is 19.9 Å². The zero-order chi connectivity index (χ0) is 12.4. The summed E-state index contributed by atoms with van der Waals surface area (Å²) < 4.78 is 5.27. The van der Waals surface area contributed by atoms with Crippen LogP contribution in [0.4, 0.5) is 0 Å². The minimum Gasteiger partial charge on any atom is -0.507 e. The number of aromatic hydroxyl groups is 1. The molecule has 0 spiro atoms. The summed E-state index contributed by atoms with van der Waals surface area (Å²) in [6, 6.07) is 2.03. The van der Waals surface area contributed by atoms with Crippen LogP contribution in [0.15, 0.2) is 6.07 Å². The summed E-state index contributed by atoms with van der Waals surface area (Å²) in [4.78, 5) is 0. The van der Waals surface area contributed by atoms with Crippen molar-refractivity contribution >= 4 is 0 Å². The van der Waals surface area contributed by atoms with Gasteiger partial charge in [-0.15, -0.1) is 0 Å². The highest BCUT2D eigenvalue weighted by molar-refractivity contribution is 5.54. The quantitative estimate of drug-likeness (QED) is 0.827. The van der Waals surface area contributed by atoms with E-state index >= 15 is 0 Å². The fourth-order valence-corrected chi connectivity index (χ4v) is 2.71. The first-order valence-electron chi connectivity index (χ1n) is 6.23. The number of rotatable bonds is 2. The van der Waals surface area contributed by atoms with Crippen LogP contribution in [0.2, 0.25) is 0 Å². The highest BCUT2D eigenvalue weighted by Gasteiger charge is 2.22. The number of hydrogen-bond donors (Lipinski definition) is 2. The van der Waals surface area contributed by atoms with Crippen molar-refractivity contribution in [3.8, 4) is 11.5 Å². The van der Waals surface area contributed by atoms with Crippen molar-refractivity contribution < 1.29 is 9.84 Å². The highest BCUT2D eigenvalue weighted by Crippen LogP contribution is 2.39. The average molecular weight is 235 g/mol. The Labute approximate surface area is 103 Å². The van der Waals surface area contributed by atoms with Gasteiger partial charge in [0.15, 0.2) is 0 Å². The van der Waals surface area contributed by atoms with Crippen molar-refractivity contribution in [3.63, 3.8) is 0 Å². The van der Waals surface area contributed by atoms with Crippen molar-refractivity contribution in [2.45, 2.75) is 32.6 Å². The van der Waals surface area contributed by atoms with E-state index in [0.29, 0.717) is 11.7 Å². The van der Waals surface area contributed by atoms with Crippen molar-refractivity contribution in [1.29, 1.82) is 0 Å². The number of ether oxygens (including phenoxy) is 1. The molecule has 1 unspecified atom stereocenters. The smallest absolute Gasteiger partial charge is 0.125 e. The van der Waals surface area contributed by atoms with Gasteiger partial charge in [0.05, 0.1) is 7.11 Å². The van der Waals surface area contributed by atoms with Gasteiger partial charge in [0.1, 0.15) is 11.5 Å². The molecule has 1 heterocycles. The van der Waals surface area contributed by atoms with Gasteiger partial charge < -0.3 is 15.2 Å². The van der Waals surface area contributed by atoms with E-state index in [0.717, 1.165) is 42.0 Å². The van der Waals surface area contributed by atoms with Gasteiger partial charge in [-0.1, -0.05) is 0 Å². The molecule has 1 aromatic rings. The maximum Gasteiger partial charge on any atom is 0.125 e. The molecule has 0 radical (unpaired) electrons. The predicted octanol–water partition coefficient (Wildman–Crippen LogP) is 2.48. The molecule has 3 heteroatoms. The molecule has 0 aliphatic carbocycles. The lowest BCUT2D eigenvalue weighted by atomic mass is 9.86. The van der Waals surface area contributed by atoms with Crippen LogP contribution in [0, 0.1) is 13.8 Å². The van der Waals surface area contributed by atoms with Gasteiger partial charge in [-0.25, -0.2) is 0 Å². The Balaban J connectivity index is 2.42. The number of aryl methyl sites for hydroxylation is 1. The van der Waals surface area contributed by atoms with Crippen LogP contribution in [0.25, 0.3) is 0 Å². The van der Waals surface area contributed by atoms with Crippen LogP contribution in [0.3, 0.4) is 0 Å². The summed E-state index contributed by atoms with van der Waals surface area (Å²) >= 11 is 0. The van der Waals surface area contributed by atoms with Crippen LogP contribution in [-0.2, 0) is 0 Å². The summed E-state index contributed by atoms with van der Waals surface area (Å²) in [5.74, 6) is 1.61. The second kappa shape index (κ2) is 4.96. The number of methoxy groups -OCH3 is 1. The molecular weight excluding hydrogens is 214 g/mol. The summed E-state index contributed by atoms with van der Waals surface area (Å²) in [7, 11) is 1.64. The minimum absolute atomic E-state index is 0.413. The normalized spacial score (nSPS) is 20.3. The lowest BCUT2D eigenvalue weighted by molar-refractivity contribution is 0.393. The predicted molar refractivity (Wildman–Crippen MR) is 69.0 cm³/mol.